The number of carboxylic acid groups (broad SMARTS) is 3. The van der Waals surface area contributed by atoms with Crippen LogP contribution in [0, 0.1) is 35.5 Å². The summed E-state index contributed by atoms with van der Waals surface area (Å²) in [7, 11) is 6.61. The number of esters is 1. The molecule has 61 heavy (non-hydrogen) atoms. The molecule has 0 amide bonds. The number of nitrogens with zero attached hydrogens (tertiary/aromatic N) is 3. The molecule has 3 heterocycles. The van der Waals surface area contributed by atoms with Gasteiger partial charge in [-0.25, -0.2) is 0 Å². The van der Waals surface area contributed by atoms with Crippen LogP contribution in [-0.2, 0) is 23.9 Å². The molecular formula is C50H91N3O8. The Balaban J connectivity index is 2.43. The number of carbonyl (C=O) groups is 4. The number of hydrogen-bond acceptors (Lipinski definition) is 8. The Morgan fingerprint density at radius 3 is 1.21 bits per heavy atom. The van der Waals surface area contributed by atoms with Gasteiger partial charge in [0.05, 0.1) is 24.7 Å². The van der Waals surface area contributed by atoms with E-state index in [1.165, 1.54) is 32.1 Å². The van der Waals surface area contributed by atoms with Crippen LogP contribution < -0.4 is 0 Å². The number of likely N-dealkylation sites (tertiary alicyclic amines) is 3. The van der Waals surface area contributed by atoms with E-state index in [9.17, 15) is 29.7 Å². The van der Waals surface area contributed by atoms with Crippen molar-refractivity contribution in [3.63, 3.8) is 0 Å². The molecule has 3 aliphatic heterocycles. The molecule has 0 aliphatic carbocycles. The van der Waals surface area contributed by atoms with E-state index in [1.807, 2.05) is 0 Å². The predicted octanol–water partition coefficient (Wildman–Crippen LogP) is 10.4. The number of carbonyl (C=O) groups excluding carboxylic acids is 1. The maximum absolute atomic E-state index is 15.2. The first-order chi connectivity index (χ1) is 27.8. The molecule has 3 N–H and O–H groups in total. The van der Waals surface area contributed by atoms with Gasteiger partial charge in [0.1, 0.15) is 5.60 Å². The minimum absolute atomic E-state index is 0.0682. The van der Waals surface area contributed by atoms with Crippen LogP contribution >= 0.6 is 0 Å². The van der Waals surface area contributed by atoms with Crippen molar-refractivity contribution in [3.8, 4) is 0 Å². The Morgan fingerprint density at radius 1 is 0.541 bits per heavy atom. The van der Waals surface area contributed by atoms with Crippen molar-refractivity contribution in [1.82, 2.24) is 14.7 Å². The van der Waals surface area contributed by atoms with E-state index in [0.717, 1.165) is 64.2 Å². The van der Waals surface area contributed by atoms with Gasteiger partial charge in [0, 0.05) is 51.0 Å². The smallest absolute Gasteiger partial charge is 0.307 e. The third kappa shape index (κ3) is 12.3. The Bertz CT molecular complexity index is 1420. The summed E-state index contributed by atoms with van der Waals surface area (Å²) in [6, 6.07) is 0. The van der Waals surface area contributed by atoms with Gasteiger partial charge in [-0.1, -0.05) is 58.3 Å². The highest BCUT2D eigenvalue weighted by Gasteiger charge is 2.64. The summed E-state index contributed by atoms with van der Waals surface area (Å²) in [6.07, 6.45) is 13.5. The van der Waals surface area contributed by atoms with Crippen LogP contribution in [0.3, 0.4) is 0 Å². The fourth-order valence-electron chi connectivity index (χ4n) is 13.0. The van der Waals surface area contributed by atoms with E-state index >= 15 is 4.79 Å². The Morgan fingerprint density at radius 2 is 0.869 bits per heavy atom. The molecule has 3 fully saturated rings. The van der Waals surface area contributed by atoms with Gasteiger partial charge in [-0.05, 0) is 155 Å². The first kappa shape index (κ1) is 53.1. The molecule has 0 bridgehead atoms. The number of aliphatic carboxylic acids is 3. The lowest BCUT2D eigenvalue weighted by molar-refractivity contribution is -0.234. The number of rotatable bonds is 21. The highest BCUT2D eigenvalue weighted by Crippen LogP contribution is 2.60. The minimum atomic E-state index is -1.79. The van der Waals surface area contributed by atoms with Gasteiger partial charge in [0.15, 0.2) is 0 Å². The normalized spacial score (nSPS) is 25.0. The summed E-state index contributed by atoms with van der Waals surface area (Å²) >= 11 is 0. The maximum Gasteiger partial charge on any atom is 0.307 e. The average molecular weight is 862 g/mol. The van der Waals surface area contributed by atoms with Gasteiger partial charge in [0.2, 0.25) is 0 Å². The van der Waals surface area contributed by atoms with E-state index in [1.54, 1.807) is 0 Å². The summed E-state index contributed by atoms with van der Waals surface area (Å²) < 4.78 is 7.48. The molecule has 0 aromatic carbocycles. The molecule has 0 saturated carbocycles. The molecule has 3 unspecified atom stereocenters. The quantitative estimate of drug-likeness (QED) is 0.0748. The van der Waals surface area contributed by atoms with Crippen LogP contribution in [0.5, 0.6) is 0 Å². The van der Waals surface area contributed by atoms with Crippen LogP contribution in [0.1, 0.15) is 199 Å². The molecule has 3 rings (SSSR count). The third-order valence-corrected chi connectivity index (χ3v) is 16.9. The van der Waals surface area contributed by atoms with Crippen molar-refractivity contribution >= 4 is 23.9 Å². The monoisotopic (exact) mass is 862 g/mol. The molecular weight excluding hydrogens is 771 g/mol. The molecule has 11 heteroatoms. The van der Waals surface area contributed by atoms with Gasteiger partial charge < -0.3 is 20.1 Å². The second kappa shape index (κ2) is 19.9. The van der Waals surface area contributed by atoms with Crippen LogP contribution in [0.2, 0.25) is 0 Å². The maximum atomic E-state index is 15.2. The zero-order valence-electron chi connectivity index (χ0n) is 41.7. The van der Waals surface area contributed by atoms with E-state index < -0.39 is 54.2 Å². The highest BCUT2D eigenvalue weighted by molar-refractivity contribution is 5.87. The van der Waals surface area contributed by atoms with E-state index in [2.05, 4.69) is 126 Å². The number of hydrogen-bond donors (Lipinski definition) is 3. The zero-order valence-corrected chi connectivity index (χ0v) is 41.7. The van der Waals surface area contributed by atoms with Gasteiger partial charge in [0.25, 0.3) is 0 Å². The second-order valence-corrected chi connectivity index (χ2v) is 23.8. The number of unbranched alkanes of at least 4 members (excludes halogenated alkanes) is 7. The summed E-state index contributed by atoms with van der Waals surface area (Å²) in [5.41, 5.74) is -2.43. The second-order valence-electron chi connectivity index (χ2n) is 23.8. The zero-order chi connectivity index (χ0) is 46.7. The fraction of sp³-hybridized carbons (Fsp3) is 0.920. The van der Waals surface area contributed by atoms with Crippen molar-refractivity contribution in [3.05, 3.63) is 0 Å². The molecule has 11 nitrogen and oxygen atoms in total. The van der Waals surface area contributed by atoms with Crippen LogP contribution in [0.25, 0.3) is 0 Å². The fourth-order valence-corrected chi connectivity index (χ4v) is 13.0. The molecule has 3 saturated heterocycles. The lowest BCUT2D eigenvalue weighted by Gasteiger charge is -2.65. The lowest BCUT2D eigenvalue weighted by Crippen LogP contribution is -2.70. The van der Waals surface area contributed by atoms with Crippen LogP contribution in [0.4, 0.5) is 0 Å². The lowest BCUT2D eigenvalue weighted by atomic mass is 9.51. The largest absolute Gasteiger partial charge is 0.481 e. The van der Waals surface area contributed by atoms with Crippen molar-refractivity contribution < 1.29 is 39.2 Å². The van der Waals surface area contributed by atoms with Crippen LogP contribution in [-0.4, -0.2) is 114 Å². The minimum Gasteiger partial charge on any atom is -0.481 e. The number of piperidine rings is 3. The summed E-state index contributed by atoms with van der Waals surface area (Å²) in [4.78, 5) is 59.9. The highest BCUT2D eigenvalue weighted by atomic mass is 16.6. The van der Waals surface area contributed by atoms with Crippen molar-refractivity contribution in [2.24, 2.45) is 35.5 Å². The van der Waals surface area contributed by atoms with E-state index in [4.69, 9.17) is 4.74 Å². The molecule has 3 atom stereocenters. The van der Waals surface area contributed by atoms with Crippen molar-refractivity contribution in [2.75, 3.05) is 21.1 Å². The summed E-state index contributed by atoms with van der Waals surface area (Å²) in [5, 5.41) is 30.3. The summed E-state index contributed by atoms with van der Waals surface area (Å²) in [5.74, 6) is -8.86. The van der Waals surface area contributed by atoms with Gasteiger partial charge in [-0.2, -0.15) is 0 Å². The van der Waals surface area contributed by atoms with E-state index in [0.29, 0.717) is 0 Å². The molecule has 0 spiro atoms. The first-order valence-corrected chi connectivity index (χ1v) is 23.9. The predicted molar refractivity (Wildman–Crippen MR) is 245 cm³/mol. The number of carboxylic acids is 3. The van der Waals surface area contributed by atoms with Crippen molar-refractivity contribution in [2.45, 2.75) is 238 Å². The molecule has 0 radical (unpaired) electrons. The SMILES string of the molecule is CCCCCCCCCCC(C1CC(C)(C)N(C)C(C)(C)C1)C(OC(=O)CC(C(=O)O)C(CC(=O)O)C(=O)O)(C1CC(C)(C)N(C)C(C)(C)C1)C1CC(C)(C)N(C)C(C)(C)C1. The van der Waals surface area contributed by atoms with Gasteiger partial charge in [-0.3, -0.25) is 33.9 Å². The first-order valence-electron chi connectivity index (χ1n) is 23.9. The molecule has 0 aromatic rings. The Kier molecular flexibility index (Phi) is 17.3. The van der Waals surface area contributed by atoms with Gasteiger partial charge in [-0.15, -0.1) is 0 Å². The molecule has 354 valence electrons. The average Bonchev–Trinajstić information content (AvgIpc) is 3.10. The third-order valence-electron chi connectivity index (χ3n) is 16.9. The van der Waals surface area contributed by atoms with E-state index in [-0.39, 0.29) is 56.9 Å². The summed E-state index contributed by atoms with van der Waals surface area (Å²) in [6.45, 7) is 29.9. The Hall–Kier alpha value is -2.24. The topological polar surface area (TPSA) is 148 Å². The van der Waals surface area contributed by atoms with Crippen LogP contribution in [0.15, 0.2) is 0 Å². The number of ether oxygens (including phenoxy) is 1. The molecule has 0 aromatic heterocycles. The van der Waals surface area contributed by atoms with Gasteiger partial charge >= 0.3 is 23.9 Å². The molecule has 3 aliphatic rings. The Labute approximate surface area is 371 Å². The standard InChI is InChI=1S/C50H91N3O8/c1-17-18-19-20-21-22-23-24-25-39(34-28-44(2,3)51(14)45(4,5)29-34)50(35-30-46(6,7)52(15)47(8,9)31-35,36-32-48(10,11)53(16)49(12,13)33-36)61-41(56)27-38(43(59)60)37(42(57)58)26-40(54)55/h34-39H,17-33H2,1-16H3,(H,54,55)(H,57,58)(H,59,60). The van der Waals surface area contributed by atoms with Crippen molar-refractivity contribution in [1.29, 1.82) is 0 Å².